The van der Waals surface area contributed by atoms with Gasteiger partial charge >= 0.3 is 0 Å². The first-order valence-electron chi connectivity index (χ1n) is 9.53. The summed E-state index contributed by atoms with van der Waals surface area (Å²) in [6.07, 6.45) is 2.04. The Labute approximate surface area is 166 Å². The Morgan fingerprint density at radius 1 is 1.04 bits per heavy atom. The molecule has 2 aromatic carbocycles. The molecule has 2 N–H and O–H groups in total. The standard InChI is InChI=1S/C22H29N3O3/c1-4-13-28-20-10-6-8-18(15-20)23-16-21(26)24-19-9-5-7-17(14-19)11-12-22(27)25(2)3/h5-10,14-15,23H,4,11-13,16H2,1-3H3,(H,24,26). The maximum atomic E-state index is 12.2. The van der Waals surface area contributed by atoms with Gasteiger partial charge in [-0.1, -0.05) is 25.1 Å². The van der Waals surface area contributed by atoms with Crippen LogP contribution in [0.4, 0.5) is 11.4 Å². The fourth-order valence-electron chi connectivity index (χ4n) is 2.58. The lowest BCUT2D eigenvalue weighted by Gasteiger charge is -2.12. The lowest BCUT2D eigenvalue weighted by molar-refractivity contribution is -0.128. The number of hydrogen-bond donors (Lipinski definition) is 2. The molecule has 0 fully saturated rings. The van der Waals surface area contributed by atoms with Crippen LogP contribution in [0, 0.1) is 0 Å². The predicted octanol–water partition coefficient (Wildman–Crippen LogP) is 3.55. The molecule has 0 unspecified atom stereocenters. The van der Waals surface area contributed by atoms with Crippen LogP contribution in [0.25, 0.3) is 0 Å². The van der Waals surface area contributed by atoms with Crippen molar-refractivity contribution in [1.82, 2.24) is 4.90 Å². The number of carbonyl (C=O) groups excluding carboxylic acids is 2. The summed E-state index contributed by atoms with van der Waals surface area (Å²) in [5.41, 5.74) is 2.57. The normalized spacial score (nSPS) is 10.2. The second kappa shape index (κ2) is 11.0. The van der Waals surface area contributed by atoms with Gasteiger partial charge in [0.1, 0.15) is 5.75 Å². The number of anilines is 2. The number of benzene rings is 2. The molecule has 6 heteroatoms. The van der Waals surface area contributed by atoms with Gasteiger partial charge in [-0.3, -0.25) is 9.59 Å². The monoisotopic (exact) mass is 383 g/mol. The summed E-state index contributed by atoms with van der Waals surface area (Å²) < 4.78 is 5.60. The zero-order valence-electron chi connectivity index (χ0n) is 16.8. The lowest BCUT2D eigenvalue weighted by Crippen LogP contribution is -2.22. The molecule has 0 atom stereocenters. The number of amides is 2. The third-order valence-electron chi connectivity index (χ3n) is 4.10. The molecule has 2 rings (SSSR count). The molecule has 0 aliphatic rings. The van der Waals surface area contributed by atoms with Crippen molar-refractivity contribution in [3.05, 3.63) is 54.1 Å². The molecule has 0 saturated heterocycles. The zero-order valence-corrected chi connectivity index (χ0v) is 16.8. The van der Waals surface area contributed by atoms with Crippen molar-refractivity contribution in [1.29, 1.82) is 0 Å². The summed E-state index contributed by atoms with van der Waals surface area (Å²) in [4.78, 5) is 25.5. The Bertz CT molecular complexity index is 790. The molecule has 0 spiro atoms. The van der Waals surface area contributed by atoms with Gasteiger partial charge in [-0.05, 0) is 42.7 Å². The molecule has 6 nitrogen and oxygen atoms in total. The van der Waals surface area contributed by atoms with E-state index in [1.807, 2.05) is 48.5 Å². The zero-order chi connectivity index (χ0) is 20.4. The fourth-order valence-corrected chi connectivity index (χ4v) is 2.58. The molecular weight excluding hydrogens is 354 g/mol. The van der Waals surface area contributed by atoms with E-state index in [4.69, 9.17) is 4.74 Å². The molecule has 0 radical (unpaired) electrons. The van der Waals surface area contributed by atoms with Crippen LogP contribution >= 0.6 is 0 Å². The lowest BCUT2D eigenvalue weighted by atomic mass is 10.1. The largest absolute Gasteiger partial charge is 0.494 e. The van der Waals surface area contributed by atoms with Crippen molar-refractivity contribution in [2.24, 2.45) is 0 Å². The first-order chi connectivity index (χ1) is 13.5. The second-order valence-electron chi connectivity index (χ2n) is 6.77. The van der Waals surface area contributed by atoms with Crippen LogP contribution < -0.4 is 15.4 Å². The molecule has 0 bridgehead atoms. The van der Waals surface area contributed by atoms with Crippen molar-refractivity contribution < 1.29 is 14.3 Å². The topological polar surface area (TPSA) is 70.7 Å². The summed E-state index contributed by atoms with van der Waals surface area (Å²) in [6, 6.07) is 15.1. The van der Waals surface area contributed by atoms with E-state index < -0.39 is 0 Å². The second-order valence-corrected chi connectivity index (χ2v) is 6.77. The molecule has 2 amide bonds. The van der Waals surface area contributed by atoms with Gasteiger partial charge in [-0.25, -0.2) is 0 Å². The number of rotatable bonds is 10. The van der Waals surface area contributed by atoms with Crippen LogP contribution in [0.15, 0.2) is 48.5 Å². The van der Waals surface area contributed by atoms with Gasteiger partial charge in [0.25, 0.3) is 0 Å². The molecule has 2 aromatic rings. The van der Waals surface area contributed by atoms with Gasteiger partial charge in [0.2, 0.25) is 11.8 Å². The van der Waals surface area contributed by atoms with Crippen molar-refractivity contribution >= 4 is 23.2 Å². The number of ether oxygens (including phenoxy) is 1. The van der Waals surface area contributed by atoms with Gasteiger partial charge < -0.3 is 20.3 Å². The Morgan fingerprint density at radius 2 is 1.79 bits per heavy atom. The molecular formula is C22H29N3O3. The Balaban J connectivity index is 1.84. The minimum Gasteiger partial charge on any atom is -0.494 e. The highest BCUT2D eigenvalue weighted by Crippen LogP contribution is 2.17. The van der Waals surface area contributed by atoms with Crippen LogP contribution in [0.2, 0.25) is 0 Å². The smallest absolute Gasteiger partial charge is 0.243 e. The van der Waals surface area contributed by atoms with Crippen LogP contribution in [-0.4, -0.2) is 44.0 Å². The van der Waals surface area contributed by atoms with Gasteiger partial charge in [-0.2, -0.15) is 0 Å². The number of nitrogens with one attached hydrogen (secondary N) is 2. The summed E-state index contributed by atoms with van der Waals surface area (Å²) in [5.74, 6) is 0.734. The predicted molar refractivity (Wildman–Crippen MR) is 113 cm³/mol. The third-order valence-corrected chi connectivity index (χ3v) is 4.10. The van der Waals surface area contributed by atoms with Crippen molar-refractivity contribution in [3.63, 3.8) is 0 Å². The SMILES string of the molecule is CCCOc1cccc(NCC(=O)Nc2cccc(CCC(=O)N(C)C)c2)c1. The van der Waals surface area contributed by atoms with Crippen LogP contribution in [-0.2, 0) is 16.0 Å². The average molecular weight is 383 g/mol. The fraction of sp³-hybridized carbons (Fsp3) is 0.364. The molecule has 0 aromatic heterocycles. The number of nitrogens with zero attached hydrogens (tertiary/aromatic N) is 1. The van der Waals surface area contributed by atoms with Crippen LogP contribution in [0.5, 0.6) is 5.75 Å². The van der Waals surface area contributed by atoms with E-state index in [9.17, 15) is 9.59 Å². The maximum Gasteiger partial charge on any atom is 0.243 e. The summed E-state index contributed by atoms with van der Waals surface area (Å²) in [6.45, 7) is 2.88. The number of aryl methyl sites for hydroxylation is 1. The van der Waals surface area contributed by atoms with Gasteiger partial charge in [0.15, 0.2) is 0 Å². The highest BCUT2D eigenvalue weighted by Gasteiger charge is 2.07. The Kier molecular flexibility index (Phi) is 8.34. The van der Waals surface area contributed by atoms with E-state index in [2.05, 4.69) is 17.6 Å². The third kappa shape index (κ3) is 7.31. The van der Waals surface area contributed by atoms with E-state index in [0.29, 0.717) is 19.4 Å². The van der Waals surface area contributed by atoms with Crippen LogP contribution in [0.1, 0.15) is 25.3 Å². The van der Waals surface area contributed by atoms with Gasteiger partial charge in [-0.15, -0.1) is 0 Å². The van der Waals surface area contributed by atoms with E-state index in [-0.39, 0.29) is 18.4 Å². The van der Waals surface area contributed by atoms with Gasteiger partial charge in [0.05, 0.1) is 13.2 Å². The molecule has 28 heavy (non-hydrogen) atoms. The van der Waals surface area contributed by atoms with Crippen molar-refractivity contribution in [2.75, 3.05) is 37.9 Å². The Hall–Kier alpha value is -3.02. The highest BCUT2D eigenvalue weighted by atomic mass is 16.5. The summed E-state index contributed by atoms with van der Waals surface area (Å²) in [5, 5.41) is 5.99. The molecule has 0 aliphatic heterocycles. The molecule has 150 valence electrons. The van der Waals surface area contributed by atoms with Crippen molar-refractivity contribution in [3.8, 4) is 5.75 Å². The number of carbonyl (C=O) groups is 2. The highest BCUT2D eigenvalue weighted by molar-refractivity contribution is 5.93. The minimum absolute atomic E-state index is 0.0868. The van der Waals surface area contributed by atoms with E-state index in [0.717, 1.165) is 29.1 Å². The average Bonchev–Trinajstić information content (AvgIpc) is 2.69. The van der Waals surface area contributed by atoms with E-state index in [1.54, 1.807) is 19.0 Å². The van der Waals surface area contributed by atoms with E-state index >= 15 is 0 Å². The van der Waals surface area contributed by atoms with Gasteiger partial charge in [0, 0.05) is 38.0 Å². The van der Waals surface area contributed by atoms with E-state index in [1.165, 1.54) is 0 Å². The van der Waals surface area contributed by atoms with Crippen LogP contribution in [0.3, 0.4) is 0 Å². The molecule has 0 saturated carbocycles. The summed E-state index contributed by atoms with van der Waals surface area (Å²) in [7, 11) is 3.50. The minimum atomic E-state index is -0.138. The molecule has 0 aliphatic carbocycles. The Morgan fingerprint density at radius 3 is 2.54 bits per heavy atom. The summed E-state index contributed by atoms with van der Waals surface area (Å²) >= 11 is 0. The maximum absolute atomic E-state index is 12.2. The van der Waals surface area contributed by atoms with Crippen molar-refractivity contribution in [2.45, 2.75) is 26.2 Å². The first-order valence-corrected chi connectivity index (χ1v) is 9.53. The quantitative estimate of drug-likeness (QED) is 0.658. The molecule has 0 heterocycles. The number of hydrogen-bond acceptors (Lipinski definition) is 4. The first kappa shape index (κ1) is 21.3.